The molecule has 0 fully saturated rings. The number of hydrogen-bond acceptors (Lipinski definition) is 1. The first-order valence-corrected chi connectivity index (χ1v) is 6.29. The average molecular weight is 276 g/mol. The topological polar surface area (TPSA) is 37.3 Å². The third-order valence-corrected chi connectivity index (χ3v) is 2.85. The molecule has 0 amide bonds. The molecule has 0 rings (SSSR count). The van der Waals surface area contributed by atoms with Crippen molar-refractivity contribution in [1.82, 2.24) is 0 Å². The Morgan fingerprint density at radius 3 is 2.27 bits per heavy atom. The Morgan fingerprint density at radius 2 is 1.87 bits per heavy atom. The van der Waals surface area contributed by atoms with Gasteiger partial charge in [-0.2, -0.15) is 0 Å². The molecule has 1 atom stereocenters. The van der Waals surface area contributed by atoms with E-state index >= 15 is 0 Å². The fraction of sp³-hybridized carbons (Fsp3) is 0.900. The van der Waals surface area contributed by atoms with E-state index in [-0.39, 0.29) is 5.92 Å². The van der Waals surface area contributed by atoms with E-state index in [0.29, 0.717) is 19.3 Å². The molecule has 0 aromatic rings. The van der Waals surface area contributed by atoms with Crippen LogP contribution in [-0.4, -0.2) is 14.9 Å². The molecular formula is C10H17Cl3O2. The monoisotopic (exact) mass is 274 g/mol. The molecule has 5 heteroatoms. The van der Waals surface area contributed by atoms with Gasteiger partial charge in [0.1, 0.15) is 0 Å². The van der Waals surface area contributed by atoms with Gasteiger partial charge in [-0.1, -0.05) is 61.0 Å². The number of carbonyl (C=O) groups is 1. The number of rotatable bonds is 7. The van der Waals surface area contributed by atoms with Crippen molar-refractivity contribution >= 4 is 40.8 Å². The van der Waals surface area contributed by atoms with E-state index < -0.39 is 9.76 Å². The number of carboxylic acid groups (broad SMARTS) is 1. The van der Waals surface area contributed by atoms with Crippen molar-refractivity contribution in [3.63, 3.8) is 0 Å². The van der Waals surface area contributed by atoms with E-state index in [4.69, 9.17) is 39.9 Å². The van der Waals surface area contributed by atoms with Gasteiger partial charge in [0.05, 0.1) is 5.92 Å². The summed E-state index contributed by atoms with van der Waals surface area (Å²) in [5, 5.41) is 8.94. The van der Waals surface area contributed by atoms with Gasteiger partial charge >= 0.3 is 5.97 Å². The van der Waals surface area contributed by atoms with Gasteiger partial charge in [-0.25, -0.2) is 0 Å². The van der Waals surface area contributed by atoms with Crippen LogP contribution in [-0.2, 0) is 4.79 Å². The molecule has 0 aromatic heterocycles. The van der Waals surface area contributed by atoms with E-state index in [0.717, 1.165) is 19.3 Å². The lowest BCUT2D eigenvalue weighted by molar-refractivity contribution is -0.142. The van der Waals surface area contributed by atoms with Crippen molar-refractivity contribution in [1.29, 1.82) is 0 Å². The van der Waals surface area contributed by atoms with Crippen molar-refractivity contribution in [3.8, 4) is 0 Å². The quantitative estimate of drug-likeness (QED) is 0.552. The minimum atomic E-state index is -1.33. The first-order chi connectivity index (χ1) is 6.87. The number of halogens is 3. The van der Waals surface area contributed by atoms with Crippen molar-refractivity contribution < 1.29 is 9.90 Å². The molecular weight excluding hydrogens is 258 g/mol. The number of carboxylic acids is 1. The SMILES string of the molecule is CCCCCC(CCC(Cl)(Cl)Cl)C(=O)O. The fourth-order valence-electron chi connectivity index (χ4n) is 1.37. The molecule has 0 saturated carbocycles. The van der Waals surface area contributed by atoms with Crippen LogP contribution < -0.4 is 0 Å². The predicted molar refractivity (Wildman–Crippen MR) is 64.8 cm³/mol. The van der Waals surface area contributed by atoms with E-state index in [9.17, 15) is 4.79 Å². The molecule has 0 spiro atoms. The highest BCUT2D eigenvalue weighted by atomic mass is 35.6. The zero-order valence-electron chi connectivity index (χ0n) is 8.81. The average Bonchev–Trinajstić information content (AvgIpc) is 2.08. The molecule has 1 unspecified atom stereocenters. The molecule has 15 heavy (non-hydrogen) atoms. The Labute approximate surface area is 106 Å². The summed E-state index contributed by atoms with van der Waals surface area (Å²) in [6.07, 6.45) is 4.45. The van der Waals surface area contributed by atoms with Crippen LogP contribution in [0.25, 0.3) is 0 Å². The van der Waals surface area contributed by atoms with Gasteiger partial charge in [0, 0.05) is 0 Å². The Balaban J connectivity index is 3.89. The van der Waals surface area contributed by atoms with Gasteiger partial charge in [0.2, 0.25) is 0 Å². The molecule has 0 aliphatic carbocycles. The van der Waals surface area contributed by atoms with E-state index in [1.165, 1.54) is 0 Å². The first kappa shape index (κ1) is 15.3. The summed E-state index contributed by atoms with van der Waals surface area (Å²) in [6, 6.07) is 0. The highest BCUT2D eigenvalue weighted by Crippen LogP contribution is 2.33. The molecule has 0 heterocycles. The molecule has 90 valence electrons. The lowest BCUT2D eigenvalue weighted by Crippen LogP contribution is -2.16. The summed E-state index contributed by atoms with van der Waals surface area (Å²) >= 11 is 16.7. The predicted octanol–water partition coefficient (Wildman–Crippen LogP) is 4.42. The Morgan fingerprint density at radius 1 is 1.27 bits per heavy atom. The van der Waals surface area contributed by atoms with Crippen LogP contribution in [0.5, 0.6) is 0 Å². The maximum absolute atomic E-state index is 10.9. The molecule has 0 aliphatic rings. The lowest BCUT2D eigenvalue weighted by atomic mass is 9.97. The minimum absolute atomic E-state index is 0.292. The zero-order chi connectivity index (χ0) is 11.9. The Hall–Kier alpha value is 0.340. The Kier molecular flexibility index (Phi) is 7.76. The van der Waals surface area contributed by atoms with Crippen LogP contribution in [0.3, 0.4) is 0 Å². The maximum atomic E-state index is 10.9. The van der Waals surface area contributed by atoms with Gasteiger partial charge in [-0.15, -0.1) is 0 Å². The van der Waals surface area contributed by atoms with Gasteiger partial charge in [0.15, 0.2) is 3.79 Å². The van der Waals surface area contributed by atoms with Gasteiger partial charge in [-0.3, -0.25) is 4.79 Å². The van der Waals surface area contributed by atoms with Crippen LogP contribution in [0.15, 0.2) is 0 Å². The first-order valence-electron chi connectivity index (χ1n) is 5.16. The highest BCUT2D eigenvalue weighted by Gasteiger charge is 2.24. The molecule has 0 aromatic carbocycles. The van der Waals surface area contributed by atoms with Crippen LogP contribution in [0.1, 0.15) is 45.4 Å². The number of hydrogen-bond donors (Lipinski definition) is 1. The number of aliphatic carboxylic acids is 1. The standard InChI is InChI=1S/C10H17Cl3O2/c1-2-3-4-5-8(9(14)15)6-7-10(11,12)13/h8H,2-7H2,1H3,(H,14,15). The molecule has 0 saturated heterocycles. The van der Waals surface area contributed by atoms with E-state index in [1.54, 1.807) is 0 Å². The normalized spacial score (nSPS) is 13.9. The van der Waals surface area contributed by atoms with Crippen LogP contribution in [0.4, 0.5) is 0 Å². The Bertz CT molecular complexity index is 190. The zero-order valence-corrected chi connectivity index (χ0v) is 11.1. The van der Waals surface area contributed by atoms with Crippen molar-refractivity contribution in [2.24, 2.45) is 5.92 Å². The third-order valence-electron chi connectivity index (χ3n) is 2.28. The highest BCUT2D eigenvalue weighted by molar-refractivity contribution is 6.67. The van der Waals surface area contributed by atoms with Crippen molar-refractivity contribution in [3.05, 3.63) is 0 Å². The summed E-state index contributed by atoms with van der Waals surface area (Å²) in [7, 11) is 0. The van der Waals surface area contributed by atoms with Gasteiger partial charge in [0.25, 0.3) is 0 Å². The third kappa shape index (κ3) is 9.28. The van der Waals surface area contributed by atoms with Gasteiger partial charge < -0.3 is 5.11 Å². The van der Waals surface area contributed by atoms with Crippen LogP contribution in [0.2, 0.25) is 0 Å². The van der Waals surface area contributed by atoms with E-state index in [1.807, 2.05) is 0 Å². The number of unbranched alkanes of at least 4 members (excludes halogenated alkanes) is 2. The summed E-state index contributed by atoms with van der Waals surface area (Å²) in [6.45, 7) is 2.08. The maximum Gasteiger partial charge on any atom is 0.306 e. The molecule has 0 bridgehead atoms. The molecule has 0 radical (unpaired) electrons. The second kappa shape index (κ2) is 7.59. The van der Waals surface area contributed by atoms with Crippen molar-refractivity contribution in [2.45, 2.75) is 49.2 Å². The molecule has 2 nitrogen and oxygen atoms in total. The minimum Gasteiger partial charge on any atom is -0.481 e. The van der Waals surface area contributed by atoms with Crippen LogP contribution >= 0.6 is 34.8 Å². The van der Waals surface area contributed by atoms with Gasteiger partial charge in [-0.05, 0) is 19.3 Å². The van der Waals surface area contributed by atoms with Crippen LogP contribution in [0, 0.1) is 5.92 Å². The second-order valence-corrected chi connectivity index (χ2v) is 6.20. The number of alkyl halides is 3. The lowest BCUT2D eigenvalue weighted by Gasteiger charge is -2.15. The summed E-state index contributed by atoms with van der Waals surface area (Å²) in [5.41, 5.74) is 0. The summed E-state index contributed by atoms with van der Waals surface area (Å²) < 4.78 is -1.33. The fourth-order valence-corrected chi connectivity index (χ4v) is 1.70. The summed E-state index contributed by atoms with van der Waals surface area (Å²) in [4.78, 5) is 10.9. The summed E-state index contributed by atoms with van der Waals surface area (Å²) in [5.74, 6) is -1.17. The second-order valence-electron chi connectivity index (χ2n) is 3.68. The van der Waals surface area contributed by atoms with E-state index in [2.05, 4.69) is 6.92 Å². The largest absolute Gasteiger partial charge is 0.481 e. The smallest absolute Gasteiger partial charge is 0.306 e. The molecule has 0 aliphatic heterocycles. The van der Waals surface area contributed by atoms with Crippen molar-refractivity contribution in [2.75, 3.05) is 0 Å². The molecule has 1 N–H and O–H groups in total.